The first-order valence-corrected chi connectivity index (χ1v) is 5.40. The average Bonchev–Trinajstić information content (AvgIpc) is 2.24. The summed E-state index contributed by atoms with van der Waals surface area (Å²) in [6.07, 6.45) is 0.373. The highest BCUT2D eigenvalue weighted by Crippen LogP contribution is 2.18. The van der Waals surface area contributed by atoms with Crippen molar-refractivity contribution in [3.05, 3.63) is 35.9 Å². The molecule has 82 valence electrons. The van der Waals surface area contributed by atoms with Gasteiger partial charge in [-0.3, -0.25) is 4.90 Å². The van der Waals surface area contributed by atoms with Gasteiger partial charge in [0.15, 0.2) is 0 Å². The van der Waals surface area contributed by atoms with Crippen LogP contribution < -0.4 is 0 Å². The Morgan fingerprint density at radius 2 is 1.93 bits per heavy atom. The quantitative estimate of drug-likeness (QED) is 0.759. The predicted molar refractivity (Wildman–Crippen MR) is 58.1 cm³/mol. The van der Waals surface area contributed by atoms with Crippen LogP contribution in [-0.4, -0.2) is 34.0 Å². The fraction of sp³-hybridized carbons (Fsp3) is 0.500. The second-order valence-electron chi connectivity index (χ2n) is 4.11. The maximum atomic E-state index is 9.77. The third kappa shape index (κ3) is 2.78. The molecule has 0 spiro atoms. The molecule has 1 aromatic carbocycles. The summed E-state index contributed by atoms with van der Waals surface area (Å²) in [7, 11) is 0. The Bertz CT molecular complexity index is 302. The van der Waals surface area contributed by atoms with Crippen LogP contribution in [0.1, 0.15) is 18.4 Å². The van der Waals surface area contributed by atoms with Crippen LogP contribution in [0.2, 0.25) is 0 Å². The number of piperidine rings is 1. The molecule has 2 rings (SSSR count). The molecule has 2 unspecified atom stereocenters. The summed E-state index contributed by atoms with van der Waals surface area (Å²) in [6, 6.07) is 10.1. The second-order valence-corrected chi connectivity index (χ2v) is 4.11. The van der Waals surface area contributed by atoms with Crippen LogP contribution in [0.4, 0.5) is 0 Å². The van der Waals surface area contributed by atoms with E-state index in [4.69, 9.17) is 0 Å². The average molecular weight is 207 g/mol. The minimum atomic E-state index is -0.506. The monoisotopic (exact) mass is 207 g/mol. The first-order chi connectivity index (χ1) is 7.25. The molecule has 0 saturated carbocycles. The van der Waals surface area contributed by atoms with E-state index in [1.165, 1.54) is 5.56 Å². The van der Waals surface area contributed by atoms with Crippen LogP contribution in [0.5, 0.6) is 0 Å². The third-order valence-corrected chi connectivity index (χ3v) is 2.88. The molecule has 1 fully saturated rings. The van der Waals surface area contributed by atoms with Gasteiger partial charge in [0.05, 0.1) is 6.10 Å². The van der Waals surface area contributed by atoms with E-state index in [1.807, 2.05) is 23.1 Å². The summed E-state index contributed by atoms with van der Waals surface area (Å²) < 4.78 is 0. The summed E-state index contributed by atoms with van der Waals surface area (Å²) in [5.74, 6) is 0. The van der Waals surface area contributed by atoms with Crippen LogP contribution in [0.3, 0.4) is 0 Å². The number of hydrogen-bond acceptors (Lipinski definition) is 3. The highest BCUT2D eigenvalue weighted by Gasteiger charge is 2.25. The molecule has 0 aromatic heterocycles. The van der Waals surface area contributed by atoms with Gasteiger partial charge in [-0.25, -0.2) is 0 Å². The first kappa shape index (κ1) is 10.6. The zero-order chi connectivity index (χ0) is 10.7. The Balaban J connectivity index is 1.95. The van der Waals surface area contributed by atoms with Crippen molar-refractivity contribution in [2.45, 2.75) is 31.7 Å². The molecule has 2 N–H and O–H groups in total. The molecule has 2 atom stereocenters. The first-order valence-electron chi connectivity index (χ1n) is 5.40. The lowest BCUT2D eigenvalue weighted by Gasteiger charge is -2.34. The molecule has 1 saturated heterocycles. The van der Waals surface area contributed by atoms with Gasteiger partial charge in [0.25, 0.3) is 0 Å². The Morgan fingerprint density at radius 1 is 1.20 bits per heavy atom. The van der Waals surface area contributed by atoms with Crippen molar-refractivity contribution in [2.24, 2.45) is 0 Å². The fourth-order valence-corrected chi connectivity index (χ4v) is 1.98. The van der Waals surface area contributed by atoms with E-state index < -0.39 is 6.23 Å². The summed E-state index contributed by atoms with van der Waals surface area (Å²) in [6.45, 7) is 1.52. The molecule has 1 aliphatic rings. The molecule has 15 heavy (non-hydrogen) atoms. The Morgan fingerprint density at radius 3 is 2.60 bits per heavy atom. The van der Waals surface area contributed by atoms with Gasteiger partial charge in [0, 0.05) is 19.5 Å². The standard InChI is InChI=1S/C12H17NO2/c14-11-6-7-13(12(15)8-11)9-10-4-2-1-3-5-10/h1-5,11-12,14-15H,6-9H2. The smallest absolute Gasteiger partial charge is 0.110 e. The van der Waals surface area contributed by atoms with Gasteiger partial charge < -0.3 is 10.2 Å². The number of hydrogen-bond donors (Lipinski definition) is 2. The number of aliphatic hydroxyl groups is 2. The highest BCUT2D eigenvalue weighted by molar-refractivity contribution is 5.14. The molecular formula is C12H17NO2. The minimum absolute atomic E-state index is 0.341. The largest absolute Gasteiger partial charge is 0.393 e. The lowest BCUT2D eigenvalue weighted by atomic mass is 10.1. The summed E-state index contributed by atoms with van der Waals surface area (Å²) in [5.41, 5.74) is 1.20. The number of nitrogens with zero attached hydrogens (tertiary/aromatic N) is 1. The van der Waals surface area contributed by atoms with Crippen LogP contribution in [-0.2, 0) is 6.54 Å². The molecular weight excluding hydrogens is 190 g/mol. The molecule has 1 heterocycles. The van der Waals surface area contributed by atoms with Gasteiger partial charge in [-0.15, -0.1) is 0 Å². The fourth-order valence-electron chi connectivity index (χ4n) is 1.98. The maximum absolute atomic E-state index is 9.77. The molecule has 1 aliphatic heterocycles. The molecule has 0 aliphatic carbocycles. The van der Waals surface area contributed by atoms with Crippen molar-refractivity contribution in [1.82, 2.24) is 4.90 Å². The molecule has 0 bridgehead atoms. The van der Waals surface area contributed by atoms with Crippen molar-refractivity contribution >= 4 is 0 Å². The van der Waals surface area contributed by atoms with E-state index in [2.05, 4.69) is 12.1 Å². The van der Waals surface area contributed by atoms with Crippen molar-refractivity contribution < 1.29 is 10.2 Å². The van der Waals surface area contributed by atoms with Crippen LogP contribution in [0, 0.1) is 0 Å². The second kappa shape index (κ2) is 4.75. The van der Waals surface area contributed by atoms with Gasteiger partial charge in [-0.05, 0) is 12.0 Å². The van der Waals surface area contributed by atoms with Gasteiger partial charge in [0.1, 0.15) is 6.23 Å². The normalized spacial score (nSPS) is 27.9. The number of benzene rings is 1. The Kier molecular flexibility index (Phi) is 3.36. The van der Waals surface area contributed by atoms with Crippen molar-refractivity contribution in [3.63, 3.8) is 0 Å². The van der Waals surface area contributed by atoms with Crippen molar-refractivity contribution in [2.75, 3.05) is 6.54 Å². The maximum Gasteiger partial charge on any atom is 0.110 e. The third-order valence-electron chi connectivity index (χ3n) is 2.88. The van der Waals surface area contributed by atoms with Crippen LogP contribution >= 0.6 is 0 Å². The lowest BCUT2D eigenvalue weighted by Crippen LogP contribution is -2.43. The highest BCUT2D eigenvalue weighted by atomic mass is 16.3. The van der Waals surface area contributed by atoms with Gasteiger partial charge >= 0.3 is 0 Å². The van der Waals surface area contributed by atoms with Crippen LogP contribution in [0.25, 0.3) is 0 Å². The van der Waals surface area contributed by atoms with E-state index in [-0.39, 0.29) is 6.10 Å². The van der Waals surface area contributed by atoms with Gasteiger partial charge in [-0.2, -0.15) is 0 Å². The van der Waals surface area contributed by atoms with Crippen LogP contribution in [0.15, 0.2) is 30.3 Å². The summed E-state index contributed by atoms with van der Waals surface area (Å²) in [4.78, 5) is 2.00. The van der Waals surface area contributed by atoms with E-state index in [0.29, 0.717) is 6.42 Å². The lowest BCUT2D eigenvalue weighted by molar-refractivity contribution is -0.0711. The number of likely N-dealkylation sites (tertiary alicyclic amines) is 1. The van der Waals surface area contributed by atoms with E-state index in [1.54, 1.807) is 0 Å². The zero-order valence-electron chi connectivity index (χ0n) is 8.71. The predicted octanol–water partition coefficient (Wildman–Crippen LogP) is 0.962. The summed E-state index contributed by atoms with van der Waals surface area (Å²) in [5, 5.41) is 19.1. The van der Waals surface area contributed by atoms with E-state index in [0.717, 1.165) is 19.5 Å². The van der Waals surface area contributed by atoms with Gasteiger partial charge in [-0.1, -0.05) is 30.3 Å². The Hall–Kier alpha value is -0.900. The topological polar surface area (TPSA) is 43.7 Å². The molecule has 0 amide bonds. The molecule has 0 radical (unpaired) electrons. The van der Waals surface area contributed by atoms with E-state index in [9.17, 15) is 10.2 Å². The van der Waals surface area contributed by atoms with Crippen molar-refractivity contribution in [3.8, 4) is 0 Å². The summed E-state index contributed by atoms with van der Waals surface area (Å²) >= 11 is 0. The number of aliphatic hydroxyl groups excluding tert-OH is 2. The molecule has 3 nitrogen and oxygen atoms in total. The molecule has 3 heteroatoms. The Labute approximate surface area is 90.0 Å². The van der Waals surface area contributed by atoms with Crippen molar-refractivity contribution in [1.29, 1.82) is 0 Å². The SMILES string of the molecule is OC1CCN(Cc2ccccc2)C(O)C1. The zero-order valence-corrected chi connectivity index (χ0v) is 8.71. The van der Waals surface area contributed by atoms with E-state index >= 15 is 0 Å². The number of rotatable bonds is 2. The minimum Gasteiger partial charge on any atom is -0.393 e. The molecule has 1 aromatic rings. The van der Waals surface area contributed by atoms with Gasteiger partial charge in [0.2, 0.25) is 0 Å².